The fourth-order valence-electron chi connectivity index (χ4n) is 3.54. The van der Waals surface area contributed by atoms with Crippen molar-refractivity contribution in [1.82, 2.24) is 10.2 Å². The minimum absolute atomic E-state index is 0.0658. The van der Waals surface area contributed by atoms with Gasteiger partial charge in [0.15, 0.2) is 0 Å². The Morgan fingerprint density at radius 2 is 1.96 bits per heavy atom. The molecule has 144 valence electrons. The van der Waals surface area contributed by atoms with Crippen molar-refractivity contribution in [3.05, 3.63) is 29.8 Å². The second kappa shape index (κ2) is 11.0. The van der Waals surface area contributed by atoms with Crippen molar-refractivity contribution >= 4 is 12.2 Å². The van der Waals surface area contributed by atoms with Gasteiger partial charge in [-0.3, -0.25) is 4.79 Å². The maximum atomic E-state index is 12.5. The highest BCUT2D eigenvalue weighted by Gasteiger charge is 2.27. The fourth-order valence-corrected chi connectivity index (χ4v) is 3.54. The van der Waals surface area contributed by atoms with Gasteiger partial charge in [0.25, 0.3) is 0 Å². The van der Waals surface area contributed by atoms with E-state index in [1.807, 2.05) is 43.0 Å². The van der Waals surface area contributed by atoms with Crippen LogP contribution in [0.1, 0.15) is 38.7 Å². The van der Waals surface area contributed by atoms with Gasteiger partial charge in [0, 0.05) is 32.0 Å². The molecule has 1 aromatic rings. The van der Waals surface area contributed by atoms with Gasteiger partial charge in [0.1, 0.15) is 12.0 Å². The summed E-state index contributed by atoms with van der Waals surface area (Å²) in [5.41, 5.74) is 1.16. The maximum absolute atomic E-state index is 12.5. The van der Waals surface area contributed by atoms with Crippen molar-refractivity contribution in [1.29, 1.82) is 0 Å². The SMILES string of the molecule is CCNCC(C=O)C1CCN(C(=O)CCc2ccc(OCC)cc2)CC1. The topological polar surface area (TPSA) is 58.6 Å². The van der Waals surface area contributed by atoms with Gasteiger partial charge in [0.2, 0.25) is 5.91 Å². The van der Waals surface area contributed by atoms with E-state index in [0.29, 0.717) is 18.9 Å². The number of ether oxygens (including phenoxy) is 1. The van der Waals surface area contributed by atoms with Crippen LogP contribution in [-0.2, 0) is 16.0 Å². The van der Waals surface area contributed by atoms with Gasteiger partial charge < -0.3 is 19.7 Å². The number of benzene rings is 1. The molecule has 0 bridgehead atoms. The zero-order valence-corrected chi connectivity index (χ0v) is 16.1. The minimum atomic E-state index is 0.0658. The molecule has 5 heteroatoms. The molecule has 0 radical (unpaired) electrons. The lowest BCUT2D eigenvalue weighted by Gasteiger charge is -2.34. The average Bonchev–Trinajstić information content (AvgIpc) is 2.68. The standard InChI is InChI=1S/C21H32N2O3/c1-3-22-15-19(16-24)18-11-13-23(14-12-18)21(25)10-7-17-5-8-20(9-6-17)26-4-2/h5-6,8-9,16,18-19,22H,3-4,7,10-15H2,1-2H3. The van der Waals surface area contributed by atoms with E-state index in [1.165, 1.54) is 0 Å². The lowest BCUT2D eigenvalue weighted by Crippen LogP contribution is -2.42. The first-order valence-corrected chi connectivity index (χ1v) is 9.83. The van der Waals surface area contributed by atoms with Gasteiger partial charge in [-0.25, -0.2) is 0 Å². The Balaban J connectivity index is 1.74. The van der Waals surface area contributed by atoms with E-state index in [-0.39, 0.29) is 11.8 Å². The number of carbonyl (C=O) groups is 2. The van der Waals surface area contributed by atoms with E-state index >= 15 is 0 Å². The van der Waals surface area contributed by atoms with Gasteiger partial charge in [-0.05, 0) is 56.3 Å². The highest BCUT2D eigenvalue weighted by Crippen LogP contribution is 2.24. The zero-order valence-electron chi connectivity index (χ0n) is 16.1. The first-order valence-electron chi connectivity index (χ1n) is 9.83. The number of carbonyl (C=O) groups excluding carboxylic acids is 2. The van der Waals surface area contributed by atoms with Crippen LogP contribution in [-0.4, -0.2) is 49.9 Å². The highest BCUT2D eigenvalue weighted by molar-refractivity contribution is 5.76. The summed E-state index contributed by atoms with van der Waals surface area (Å²) < 4.78 is 5.44. The van der Waals surface area contributed by atoms with E-state index < -0.39 is 0 Å². The van der Waals surface area contributed by atoms with Crippen LogP contribution < -0.4 is 10.1 Å². The van der Waals surface area contributed by atoms with Crippen LogP contribution in [0.5, 0.6) is 5.75 Å². The smallest absolute Gasteiger partial charge is 0.222 e. The molecule has 1 N–H and O–H groups in total. The molecule has 0 spiro atoms. The van der Waals surface area contributed by atoms with Crippen LogP contribution in [0.4, 0.5) is 0 Å². The number of aryl methyl sites for hydroxylation is 1. The predicted octanol–water partition coefficient (Wildman–Crippen LogP) is 2.68. The minimum Gasteiger partial charge on any atom is -0.494 e. The molecule has 1 atom stereocenters. The summed E-state index contributed by atoms with van der Waals surface area (Å²) in [6, 6.07) is 7.97. The number of hydrogen-bond donors (Lipinski definition) is 1. The van der Waals surface area contributed by atoms with Gasteiger partial charge in [-0.15, -0.1) is 0 Å². The summed E-state index contributed by atoms with van der Waals surface area (Å²) in [5, 5.41) is 3.26. The van der Waals surface area contributed by atoms with Gasteiger partial charge in [-0.1, -0.05) is 19.1 Å². The predicted molar refractivity (Wildman–Crippen MR) is 103 cm³/mol. The first kappa shape index (κ1) is 20.4. The summed E-state index contributed by atoms with van der Waals surface area (Å²) >= 11 is 0. The third-order valence-corrected chi connectivity index (χ3v) is 5.16. The molecule has 1 unspecified atom stereocenters. The van der Waals surface area contributed by atoms with Crippen molar-refractivity contribution in [2.24, 2.45) is 11.8 Å². The molecule has 1 heterocycles. The summed E-state index contributed by atoms with van der Waals surface area (Å²) in [7, 11) is 0. The van der Waals surface area contributed by atoms with E-state index in [2.05, 4.69) is 5.32 Å². The Morgan fingerprint density at radius 1 is 1.27 bits per heavy atom. The fraction of sp³-hybridized carbons (Fsp3) is 0.619. The molecule has 1 saturated heterocycles. The summed E-state index contributed by atoms with van der Waals surface area (Å²) in [4.78, 5) is 25.8. The first-order chi connectivity index (χ1) is 12.7. The van der Waals surface area contributed by atoms with Crippen LogP contribution in [0.25, 0.3) is 0 Å². The van der Waals surface area contributed by atoms with Crippen LogP contribution in [0.2, 0.25) is 0 Å². The molecule has 26 heavy (non-hydrogen) atoms. The Kier molecular flexibility index (Phi) is 8.62. The zero-order chi connectivity index (χ0) is 18.8. The van der Waals surface area contributed by atoms with E-state index in [1.54, 1.807) is 0 Å². The second-order valence-corrected chi connectivity index (χ2v) is 6.90. The lowest BCUT2D eigenvalue weighted by atomic mass is 9.85. The second-order valence-electron chi connectivity index (χ2n) is 6.90. The molecule has 1 fully saturated rings. The highest BCUT2D eigenvalue weighted by atomic mass is 16.5. The van der Waals surface area contributed by atoms with Crippen LogP contribution in [0, 0.1) is 11.8 Å². The van der Waals surface area contributed by atoms with E-state index in [4.69, 9.17) is 4.74 Å². The summed E-state index contributed by atoms with van der Waals surface area (Å²) in [6.07, 6.45) is 4.21. The van der Waals surface area contributed by atoms with Gasteiger partial charge in [-0.2, -0.15) is 0 Å². The molecule has 0 aromatic heterocycles. The number of likely N-dealkylation sites (tertiary alicyclic amines) is 1. The van der Waals surface area contributed by atoms with Gasteiger partial charge >= 0.3 is 0 Å². The summed E-state index contributed by atoms with van der Waals surface area (Å²) in [6.45, 7) is 7.84. The van der Waals surface area contributed by atoms with Crippen LogP contribution >= 0.6 is 0 Å². The molecule has 0 aliphatic carbocycles. The Bertz CT molecular complexity index is 551. The van der Waals surface area contributed by atoms with Crippen molar-refractivity contribution < 1.29 is 14.3 Å². The Hall–Kier alpha value is -1.88. The monoisotopic (exact) mass is 360 g/mol. The third-order valence-electron chi connectivity index (χ3n) is 5.16. The molecule has 1 aromatic carbocycles. The molecule has 1 amide bonds. The number of amides is 1. The largest absolute Gasteiger partial charge is 0.494 e. The number of rotatable bonds is 10. The number of nitrogens with zero attached hydrogens (tertiary/aromatic N) is 1. The van der Waals surface area contributed by atoms with Crippen molar-refractivity contribution in [3.63, 3.8) is 0 Å². The summed E-state index contributed by atoms with van der Waals surface area (Å²) in [5.74, 6) is 1.54. The van der Waals surface area contributed by atoms with E-state index in [9.17, 15) is 9.59 Å². The lowest BCUT2D eigenvalue weighted by molar-refractivity contribution is -0.132. The van der Waals surface area contributed by atoms with Crippen molar-refractivity contribution in [2.75, 3.05) is 32.8 Å². The quantitative estimate of drug-likeness (QED) is 0.652. The molecule has 1 aliphatic rings. The Labute approximate surface area is 157 Å². The molecular formula is C21H32N2O3. The molecule has 2 rings (SSSR count). The molecular weight excluding hydrogens is 328 g/mol. The normalized spacial score (nSPS) is 16.3. The van der Waals surface area contributed by atoms with Crippen molar-refractivity contribution in [2.45, 2.75) is 39.5 Å². The van der Waals surface area contributed by atoms with E-state index in [0.717, 1.165) is 63.0 Å². The maximum Gasteiger partial charge on any atom is 0.222 e. The Morgan fingerprint density at radius 3 is 2.54 bits per heavy atom. The van der Waals surface area contributed by atoms with Crippen LogP contribution in [0.3, 0.4) is 0 Å². The number of aldehydes is 1. The number of hydrogen-bond acceptors (Lipinski definition) is 4. The molecule has 0 saturated carbocycles. The third kappa shape index (κ3) is 6.13. The average molecular weight is 360 g/mol. The van der Waals surface area contributed by atoms with Crippen LogP contribution in [0.15, 0.2) is 24.3 Å². The number of nitrogens with one attached hydrogen (secondary N) is 1. The number of piperidine rings is 1. The van der Waals surface area contributed by atoms with Gasteiger partial charge in [0.05, 0.1) is 6.61 Å². The molecule has 1 aliphatic heterocycles. The molecule has 5 nitrogen and oxygen atoms in total. The van der Waals surface area contributed by atoms with Crippen molar-refractivity contribution in [3.8, 4) is 5.75 Å².